The summed E-state index contributed by atoms with van der Waals surface area (Å²) in [5, 5.41) is 32.6. The van der Waals surface area contributed by atoms with Crippen LogP contribution in [0.4, 0.5) is 37.7 Å². The molecule has 3 aliphatic heterocycles. The number of alkyl halides is 6. The van der Waals surface area contributed by atoms with Crippen LogP contribution in [-0.4, -0.2) is 258 Å². The summed E-state index contributed by atoms with van der Waals surface area (Å²) < 4.78 is 136. The standard InChI is InChI=1S/C54H66F3N7O9S.C32H38F3N3O7.CH2O2.I3/c1-35(38-9-11-39(12-10-38)48-32-58-34-74-48)62-50(67)45-29-43(65)33-64(45)52(68)49(53(3,4)5)59-13-16-69-19-20-71-21-22-72-23-24-73-51-46(63-14-17-70-18-15-63)28-41(31-61-51)44-25-37(30-60-36(44)2)26-47(66)40-7-6-8-42(27-40)54(55,56)57;1-23-28(17-24(21-36-23)18-30(40)25-3-2-4-27(19-25)32(33,34)35)26-20-29(38-5-8-41-9-6-38)31(37-22-26)45-16-15-44-14-13-43-12-11-42-10-7-39;2-1-3;1-3-2/h6-12,25,27-28,30-32,34-35,43,45,49,59,65H,13-24,26,29,33H2,1-5H3,(H,62,67);2-4,17,19-22,39H,5-16,18H2,1H3;1H,(H,2,3);/q;;;-1/t35-,43+,45-,49-;;;/m0.../s1. The third-order valence-electron chi connectivity index (χ3n) is 19.7. The number of anilines is 2. The van der Waals surface area contributed by atoms with Gasteiger partial charge in [-0.2, -0.15) is 26.3 Å². The van der Waals surface area contributed by atoms with Gasteiger partial charge in [-0.05, 0) is 97.0 Å². The number of halogens is 9. The molecule has 8 heterocycles. The number of β-amino-alcohol motifs (C(OH)–C–C–N with tert-alkyl or cyclic N) is 1. The van der Waals surface area contributed by atoms with Crippen molar-refractivity contribution in [2.45, 2.75) is 97.4 Å². The number of amides is 2. The molecule has 5 N–H and O–H groups in total. The normalized spacial score (nSPS) is 15.3. The molecular weight excluding hydrogens is 2000 g/mol. The summed E-state index contributed by atoms with van der Waals surface area (Å²) in [5.41, 5.74) is 8.53. The predicted octanol–water partition coefficient (Wildman–Crippen LogP) is 9.76. The number of rotatable bonds is 41. The molecule has 2 amide bonds. The van der Waals surface area contributed by atoms with Crippen LogP contribution >= 0.6 is 48.6 Å². The van der Waals surface area contributed by atoms with Gasteiger partial charge in [0.1, 0.15) is 30.6 Å². The molecule has 5 aromatic heterocycles. The van der Waals surface area contributed by atoms with Gasteiger partial charge in [0.05, 0.1) is 152 Å². The second kappa shape index (κ2) is 53.2. The molecule has 4 atom stereocenters. The number of carbonyl (C=O) groups is 5. The first-order valence-electron chi connectivity index (χ1n) is 40.3. The number of benzene rings is 3. The van der Waals surface area contributed by atoms with Gasteiger partial charge in [-0.3, -0.25) is 38.9 Å². The Labute approximate surface area is 756 Å². The summed E-state index contributed by atoms with van der Waals surface area (Å²) in [7, 11) is 0. The van der Waals surface area contributed by atoms with E-state index < -0.39 is 58.6 Å². The SMILES string of the molecule is Cc1ncc(CC(=O)c2cccc(C(F)(F)F)c2)cc1-c1cnc(OCCOCCOCCOCCN[C@@H](C(=O)N2C[C@H](O)C[C@H]2C(=O)N[C@@H](C)c2ccc(-c3cncs3)cc2)C(C)(C)C)c(N2CCOCC2)c1.Cc1ncc(CC(=O)c2cccc(C(F)(F)F)c2)cc1-c1cnc(OCCOCCOCCOCCO)c(N2CCOCC2)c1.I[I-]I.O=CO. The summed E-state index contributed by atoms with van der Waals surface area (Å²) in [6.45, 7) is 21.0. The third kappa shape index (κ3) is 33.6. The van der Waals surface area contributed by atoms with Gasteiger partial charge < -0.3 is 88.0 Å². The molecular formula is C87H106F6I3N10O18S-. The number of aliphatic hydroxyl groups excluding tert-OH is 2. The maximum absolute atomic E-state index is 14.1. The molecule has 11 rings (SSSR count). The van der Waals surface area contributed by atoms with E-state index in [2.05, 4.69) is 82.6 Å². The number of aliphatic hydroxyl groups is 2. The van der Waals surface area contributed by atoms with Crippen LogP contribution < -0.4 is 43.2 Å². The number of aryl methyl sites for hydroxylation is 2. The van der Waals surface area contributed by atoms with Gasteiger partial charge in [0.15, 0.2) is 11.6 Å². The molecule has 0 bridgehead atoms. The molecule has 3 aliphatic rings. The molecule has 682 valence electrons. The van der Waals surface area contributed by atoms with Crippen molar-refractivity contribution >= 4 is 89.8 Å². The molecule has 3 aromatic carbocycles. The Bertz CT molecular complexity index is 4650. The van der Waals surface area contributed by atoms with E-state index in [0.29, 0.717) is 173 Å². The van der Waals surface area contributed by atoms with Crippen LogP contribution in [0.3, 0.4) is 0 Å². The molecule has 38 heteroatoms. The van der Waals surface area contributed by atoms with E-state index in [9.17, 15) is 50.6 Å². The van der Waals surface area contributed by atoms with Crippen LogP contribution in [0.2, 0.25) is 0 Å². The number of hydrogen-bond donors (Lipinski definition) is 5. The van der Waals surface area contributed by atoms with E-state index in [4.69, 9.17) is 62.4 Å². The zero-order chi connectivity index (χ0) is 90.3. The zero-order valence-electron chi connectivity index (χ0n) is 70.2. The van der Waals surface area contributed by atoms with Gasteiger partial charge in [0.25, 0.3) is 6.47 Å². The number of pyridine rings is 4. The molecule has 0 saturated carbocycles. The molecule has 0 aliphatic carbocycles. The quantitative estimate of drug-likeness (QED) is 0.00782. The Morgan fingerprint density at radius 1 is 0.600 bits per heavy atom. The van der Waals surface area contributed by atoms with Crippen molar-refractivity contribution < 1.29 is 126 Å². The number of ketones is 2. The van der Waals surface area contributed by atoms with Crippen LogP contribution in [0, 0.1) is 19.3 Å². The number of carboxylic acid groups (broad SMARTS) is 1. The topological polar surface area (TPSA) is 337 Å². The average Bonchev–Trinajstić information content (AvgIpc) is 1.67. The Balaban J connectivity index is 0.000000323. The Morgan fingerprint density at radius 3 is 1.45 bits per heavy atom. The fourth-order valence-corrected chi connectivity index (χ4v) is 14.1. The average molecular weight is 2110 g/mol. The maximum atomic E-state index is 14.1. The molecule has 8 aromatic rings. The van der Waals surface area contributed by atoms with E-state index >= 15 is 0 Å². The molecule has 28 nitrogen and oxygen atoms in total. The van der Waals surface area contributed by atoms with E-state index in [1.165, 1.54) is 29.2 Å². The molecule has 0 radical (unpaired) electrons. The summed E-state index contributed by atoms with van der Waals surface area (Å²) in [6, 6.07) is 22.6. The van der Waals surface area contributed by atoms with Gasteiger partial charge in [-0.1, -0.05) is 69.3 Å². The van der Waals surface area contributed by atoms with Gasteiger partial charge in [-0.15, -0.1) is 11.3 Å². The molecule has 3 saturated heterocycles. The molecule has 0 unspecified atom stereocenters. The fraction of sp³-hybridized carbons (Fsp3) is 0.471. The largest absolute Gasteiger partial charge is 0.483 e. The minimum Gasteiger partial charge on any atom is -0.483 e. The number of nitrogens with one attached hydrogen (secondary N) is 2. The summed E-state index contributed by atoms with van der Waals surface area (Å²) in [6.07, 6.45) is -1.69. The van der Waals surface area contributed by atoms with Gasteiger partial charge in [-0.25, -0.2) is 9.97 Å². The van der Waals surface area contributed by atoms with Crippen molar-refractivity contribution in [1.82, 2.24) is 40.5 Å². The number of nitrogens with zero attached hydrogens (tertiary/aromatic N) is 8. The number of morpholine rings is 2. The third-order valence-corrected chi connectivity index (χ3v) is 20.6. The van der Waals surface area contributed by atoms with Crippen molar-refractivity contribution in [3.63, 3.8) is 0 Å². The number of carbonyl (C=O) groups excluding carboxylic acids is 4. The number of Topliss-reactive ketones (excluding diaryl/α,β-unsaturated/α-hetero) is 2. The Hall–Kier alpha value is -7.83. The van der Waals surface area contributed by atoms with Gasteiger partial charge in [0, 0.05) is 134 Å². The number of likely N-dealkylation sites (tertiary alicyclic amines) is 1. The van der Waals surface area contributed by atoms with Crippen LogP contribution in [-0.2, 0) is 77.5 Å². The van der Waals surface area contributed by atoms with Crippen LogP contribution in [0.1, 0.15) is 100 Å². The monoisotopic (exact) mass is 2110 g/mol. The van der Waals surface area contributed by atoms with Crippen molar-refractivity contribution in [2.24, 2.45) is 5.41 Å². The smallest absolute Gasteiger partial charge is 0.290 e. The summed E-state index contributed by atoms with van der Waals surface area (Å²) in [5.74, 6) is -0.587. The van der Waals surface area contributed by atoms with Gasteiger partial charge >= 0.3 is 62.8 Å². The first-order chi connectivity index (χ1) is 60.0. The summed E-state index contributed by atoms with van der Waals surface area (Å²) >= 11 is 6.85. The van der Waals surface area contributed by atoms with Crippen molar-refractivity contribution in [2.75, 3.05) is 175 Å². The Kier molecular flexibility index (Phi) is 43.7. The first-order valence-corrected chi connectivity index (χ1v) is 53.8. The second-order valence-corrected chi connectivity index (χ2v) is 46.9. The molecule has 3 fully saturated rings. The second-order valence-electron chi connectivity index (χ2n) is 29.7. The van der Waals surface area contributed by atoms with Crippen LogP contribution in [0.25, 0.3) is 32.7 Å². The number of thiazole rings is 1. The van der Waals surface area contributed by atoms with E-state index in [-0.39, 0.29) is 94.3 Å². The summed E-state index contributed by atoms with van der Waals surface area (Å²) in [4.78, 5) is 91.2. The Morgan fingerprint density at radius 2 is 1.03 bits per heavy atom. The van der Waals surface area contributed by atoms with Crippen molar-refractivity contribution in [1.29, 1.82) is 0 Å². The van der Waals surface area contributed by atoms with E-state index in [0.717, 1.165) is 73.9 Å². The van der Waals surface area contributed by atoms with E-state index in [1.807, 2.05) is 96.3 Å². The van der Waals surface area contributed by atoms with Crippen LogP contribution in [0.5, 0.6) is 11.8 Å². The number of aromatic nitrogens is 5. The van der Waals surface area contributed by atoms with Crippen LogP contribution in [0.15, 0.2) is 134 Å². The van der Waals surface area contributed by atoms with Crippen molar-refractivity contribution in [3.05, 3.63) is 184 Å². The maximum Gasteiger partial charge on any atom is 0.290 e. The fourth-order valence-electron chi connectivity index (χ4n) is 13.4. The predicted molar refractivity (Wildman–Crippen MR) is 471 cm³/mol. The number of ether oxygens (including phenoxy) is 10. The van der Waals surface area contributed by atoms with Gasteiger partial charge in [0.2, 0.25) is 23.6 Å². The number of hydrogen-bond acceptors (Lipinski definition) is 26. The zero-order valence-corrected chi connectivity index (χ0v) is 77.5. The first kappa shape index (κ1) is 103. The molecule has 0 spiro atoms. The molecule has 125 heavy (non-hydrogen) atoms. The van der Waals surface area contributed by atoms with Crippen molar-refractivity contribution in [3.8, 4) is 44.5 Å². The minimum atomic E-state index is -4.56. The van der Waals surface area contributed by atoms with E-state index in [1.54, 1.807) is 41.6 Å². The minimum absolute atomic E-state index is 0.00919.